The van der Waals surface area contributed by atoms with E-state index in [1.807, 2.05) is 12.1 Å². The van der Waals surface area contributed by atoms with Gasteiger partial charge in [-0.2, -0.15) is 0 Å². The normalized spacial score (nSPS) is 12.1. The van der Waals surface area contributed by atoms with E-state index < -0.39 is 0 Å². The molecule has 0 amide bonds. The van der Waals surface area contributed by atoms with E-state index in [-0.39, 0.29) is 0 Å². The number of nitrogens with zero attached hydrogens (tertiary/aromatic N) is 5. The Kier molecular flexibility index (Phi) is 8.64. The number of furan rings is 1. The van der Waals surface area contributed by atoms with Gasteiger partial charge in [-0.1, -0.05) is 164 Å². The van der Waals surface area contributed by atoms with Crippen LogP contribution in [0.25, 0.3) is 149 Å². The predicted molar refractivity (Wildman–Crippen MR) is 306 cm³/mol. The average Bonchev–Trinajstić information content (AvgIpc) is 4.26. The van der Waals surface area contributed by atoms with Gasteiger partial charge in [-0.3, -0.25) is 4.57 Å². The Morgan fingerprint density at radius 1 is 0.338 bits per heavy atom. The molecular formula is C68H41N5O. The number of rotatable bonds is 6. The van der Waals surface area contributed by atoms with Crippen molar-refractivity contribution in [3.05, 3.63) is 249 Å². The maximum Gasteiger partial charge on any atom is 0.235 e. The lowest BCUT2D eigenvalue weighted by atomic mass is 9.98. The standard InChI is InChI=1S/C68H41N5O/c1-3-15-43(16-4-1)65-53-22-9-12-24-57(53)69-68(70-65)73-61-41-46(29-34-54(61)63-64-55-23-11-14-26-62(55)74-67(64)52-21-8-7-20-51(52)66(63)73)42-27-32-48(33-28-42)71-38-37-47-39-44(30-35-58(47)71)45-31-36-60-56(40-45)50-19-10-13-25-59(50)72(60)49-17-5-2-6-18-49/h1-41H. The van der Waals surface area contributed by atoms with Gasteiger partial charge in [-0.25, -0.2) is 9.97 Å². The first-order chi connectivity index (χ1) is 36.7. The van der Waals surface area contributed by atoms with E-state index in [0.29, 0.717) is 5.95 Å². The molecule has 0 spiro atoms. The van der Waals surface area contributed by atoms with Crippen molar-refractivity contribution in [2.24, 2.45) is 0 Å². The monoisotopic (exact) mass is 943 g/mol. The van der Waals surface area contributed by atoms with Crippen LogP contribution in [0.3, 0.4) is 0 Å². The summed E-state index contributed by atoms with van der Waals surface area (Å²) in [5, 5.41) is 11.2. The molecule has 74 heavy (non-hydrogen) atoms. The van der Waals surface area contributed by atoms with Gasteiger partial charge in [-0.15, -0.1) is 0 Å². The fraction of sp³-hybridized carbons (Fsp3) is 0. The van der Waals surface area contributed by atoms with Gasteiger partial charge in [0.25, 0.3) is 0 Å². The third-order valence-corrected chi connectivity index (χ3v) is 15.3. The van der Waals surface area contributed by atoms with Crippen LogP contribution in [-0.2, 0) is 0 Å². The summed E-state index contributed by atoms with van der Waals surface area (Å²) in [6.45, 7) is 0. The molecule has 0 aliphatic heterocycles. The molecule has 0 radical (unpaired) electrons. The number of hydrogen-bond acceptors (Lipinski definition) is 3. The Balaban J connectivity index is 0.831. The first kappa shape index (κ1) is 40.7. The van der Waals surface area contributed by atoms with Gasteiger partial charge in [0.05, 0.1) is 38.8 Å². The number of para-hydroxylation sites is 4. The van der Waals surface area contributed by atoms with Crippen LogP contribution in [-0.4, -0.2) is 23.7 Å². The van der Waals surface area contributed by atoms with Crippen LogP contribution in [0.2, 0.25) is 0 Å². The Morgan fingerprint density at radius 3 is 1.81 bits per heavy atom. The van der Waals surface area contributed by atoms with Gasteiger partial charge in [0.15, 0.2) is 0 Å². The Labute approximate surface area is 423 Å². The molecule has 0 aliphatic carbocycles. The molecule has 0 bridgehead atoms. The molecule has 5 aromatic heterocycles. The summed E-state index contributed by atoms with van der Waals surface area (Å²) in [4.78, 5) is 10.9. The number of hydrogen-bond donors (Lipinski definition) is 0. The van der Waals surface area contributed by atoms with Gasteiger partial charge >= 0.3 is 0 Å². The van der Waals surface area contributed by atoms with E-state index in [9.17, 15) is 0 Å². The molecule has 0 unspecified atom stereocenters. The topological polar surface area (TPSA) is 53.7 Å². The van der Waals surface area contributed by atoms with E-state index in [1.165, 1.54) is 38.3 Å². The Morgan fingerprint density at radius 2 is 0.973 bits per heavy atom. The summed E-state index contributed by atoms with van der Waals surface area (Å²) in [5.74, 6) is 0.617. The average molecular weight is 944 g/mol. The molecule has 0 aliphatic rings. The number of benzene rings is 11. The molecule has 0 saturated carbocycles. The van der Waals surface area contributed by atoms with Crippen LogP contribution in [0.4, 0.5) is 0 Å². The van der Waals surface area contributed by atoms with E-state index in [1.54, 1.807) is 0 Å². The Hall–Kier alpha value is -10.0. The van der Waals surface area contributed by atoms with Gasteiger partial charge in [0, 0.05) is 77.0 Å². The quantitative estimate of drug-likeness (QED) is 0.167. The fourth-order valence-electron chi connectivity index (χ4n) is 11.9. The zero-order valence-corrected chi connectivity index (χ0v) is 39.8. The van der Waals surface area contributed by atoms with Crippen molar-refractivity contribution in [1.82, 2.24) is 23.7 Å². The summed E-state index contributed by atoms with van der Waals surface area (Å²) in [6.07, 6.45) is 2.18. The van der Waals surface area contributed by atoms with Gasteiger partial charge in [0.2, 0.25) is 5.95 Å². The highest BCUT2D eigenvalue weighted by atomic mass is 16.3. The number of fused-ring (bicyclic) bond motifs is 15. The van der Waals surface area contributed by atoms with Crippen molar-refractivity contribution in [3.8, 4) is 50.8 Å². The summed E-state index contributed by atoms with van der Waals surface area (Å²) in [5.41, 5.74) is 17.1. The zero-order valence-electron chi connectivity index (χ0n) is 39.8. The van der Waals surface area contributed by atoms with Crippen LogP contribution in [0.1, 0.15) is 0 Å². The molecule has 16 aromatic rings. The minimum absolute atomic E-state index is 0.617. The van der Waals surface area contributed by atoms with Crippen LogP contribution >= 0.6 is 0 Å². The zero-order chi connectivity index (χ0) is 48.4. The molecule has 0 fully saturated rings. The minimum Gasteiger partial charge on any atom is -0.455 e. The molecule has 344 valence electrons. The molecule has 0 atom stereocenters. The highest BCUT2D eigenvalue weighted by Gasteiger charge is 2.25. The van der Waals surface area contributed by atoms with Gasteiger partial charge < -0.3 is 13.6 Å². The predicted octanol–water partition coefficient (Wildman–Crippen LogP) is 17.8. The molecule has 0 saturated heterocycles. The SMILES string of the molecule is c1ccc(-c2nc(-n3c4cc(-c5ccc(-n6ccc7cc(-c8ccc9c(c8)c8ccccc8n9-c8ccccc8)ccc76)cc5)ccc4c4c5c6ccccc6oc5c5ccccc5c43)nc3ccccc23)cc1. The second-order valence-corrected chi connectivity index (χ2v) is 19.3. The lowest BCUT2D eigenvalue weighted by Crippen LogP contribution is -2.04. The maximum absolute atomic E-state index is 6.76. The minimum atomic E-state index is 0.617. The first-order valence-corrected chi connectivity index (χ1v) is 25.1. The summed E-state index contributed by atoms with van der Waals surface area (Å²) in [7, 11) is 0. The van der Waals surface area contributed by atoms with Crippen molar-refractivity contribution >= 4 is 98.1 Å². The fourth-order valence-corrected chi connectivity index (χ4v) is 11.9. The van der Waals surface area contributed by atoms with Gasteiger partial charge in [0.1, 0.15) is 11.2 Å². The van der Waals surface area contributed by atoms with Crippen molar-refractivity contribution in [2.45, 2.75) is 0 Å². The lowest BCUT2D eigenvalue weighted by molar-refractivity contribution is 0.673. The van der Waals surface area contributed by atoms with Crippen LogP contribution in [0.5, 0.6) is 0 Å². The molecule has 6 nitrogen and oxygen atoms in total. The van der Waals surface area contributed by atoms with Crippen molar-refractivity contribution < 1.29 is 4.42 Å². The smallest absolute Gasteiger partial charge is 0.235 e. The second kappa shape index (κ2) is 15.7. The Bertz CT molecular complexity index is 4940. The maximum atomic E-state index is 6.76. The number of aromatic nitrogens is 5. The summed E-state index contributed by atoms with van der Waals surface area (Å²) < 4.78 is 13.7. The third kappa shape index (κ3) is 6.00. The lowest BCUT2D eigenvalue weighted by Gasteiger charge is -2.13. The molecule has 11 aromatic carbocycles. The molecule has 6 heteroatoms. The van der Waals surface area contributed by atoms with Crippen LogP contribution < -0.4 is 0 Å². The van der Waals surface area contributed by atoms with E-state index >= 15 is 0 Å². The van der Waals surface area contributed by atoms with Crippen molar-refractivity contribution in [3.63, 3.8) is 0 Å². The highest BCUT2D eigenvalue weighted by Crippen LogP contribution is 2.47. The van der Waals surface area contributed by atoms with E-state index in [0.717, 1.165) is 105 Å². The van der Waals surface area contributed by atoms with Crippen molar-refractivity contribution in [2.75, 3.05) is 0 Å². The van der Waals surface area contributed by atoms with Crippen LogP contribution in [0.15, 0.2) is 253 Å². The van der Waals surface area contributed by atoms with Crippen LogP contribution in [0, 0.1) is 0 Å². The van der Waals surface area contributed by atoms with Crippen molar-refractivity contribution in [1.29, 1.82) is 0 Å². The largest absolute Gasteiger partial charge is 0.455 e. The summed E-state index contributed by atoms with van der Waals surface area (Å²) >= 11 is 0. The van der Waals surface area contributed by atoms with E-state index in [2.05, 4.69) is 250 Å². The van der Waals surface area contributed by atoms with E-state index in [4.69, 9.17) is 14.4 Å². The second-order valence-electron chi connectivity index (χ2n) is 19.3. The molecule has 0 N–H and O–H groups in total. The van der Waals surface area contributed by atoms with Gasteiger partial charge in [-0.05, 0) is 101 Å². The first-order valence-electron chi connectivity index (χ1n) is 25.1. The third-order valence-electron chi connectivity index (χ3n) is 15.3. The summed E-state index contributed by atoms with van der Waals surface area (Å²) in [6, 6.07) is 86.8. The molecule has 16 rings (SSSR count). The highest BCUT2D eigenvalue weighted by molar-refractivity contribution is 6.36. The molecule has 5 heterocycles. The molecular weight excluding hydrogens is 903 g/mol.